The van der Waals surface area contributed by atoms with E-state index >= 15 is 0 Å². The summed E-state index contributed by atoms with van der Waals surface area (Å²) in [6.45, 7) is 0. The number of imidazole rings is 2. The van der Waals surface area contributed by atoms with Gasteiger partial charge in [-0.1, -0.05) is 29.3 Å². The maximum Gasteiger partial charge on any atom is 0.159 e. The van der Waals surface area contributed by atoms with Gasteiger partial charge in [0.25, 0.3) is 0 Å². The van der Waals surface area contributed by atoms with E-state index in [1.807, 2.05) is 53.1 Å². The van der Waals surface area contributed by atoms with Gasteiger partial charge >= 0.3 is 0 Å². The smallest absolute Gasteiger partial charge is 0.159 e. The number of nitrogens with one attached hydrogen (secondary N) is 1. The minimum Gasteiger partial charge on any atom is -0.497 e. The molecule has 0 radical (unpaired) electrons. The van der Waals surface area contributed by atoms with Crippen LogP contribution >= 0.6 is 23.2 Å². The Bertz CT molecular complexity index is 1280. The van der Waals surface area contributed by atoms with Crippen LogP contribution in [0, 0.1) is 0 Å². The summed E-state index contributed by atoms with van der Waals surface area (Å²) in [6, 6.07) is 17.3. The molecule has 0 spiro atoms. The van der Waals surface area contributed by atoms with Crippen molar-refractivity contribution < 1.29 is 4.74 Å². The van der Waals surface area contributed by atoms with E-state index < -0.39 is 0 Å². The number of rotatable bonds is 3. The summed E-state index contributed by atoms with van der Waals surface area (Å²) in [4.78, 5) is 12.9. The molecule has 5 aromatic rings. The monoisotopic (exact) mass is 408 g/mol. The van der Waals surface area contributed by atoms with Gasteiger partial charge in [0.1, 0.15) is 17.3 Å². The molecule has 138 valence electrons. The van der Waals surface area contributed by atoms with E-state index in [2.05, 4.69) is 9.97 Å². The van der Waals surface area contributed by atoms with E-state index in [9.17, 15) is 0 Å². The number of halogens is 2. The number of methoxy groups -OCH3 is 1. The van der Waals surface area contributed by atoms with Gasteiger partial charge in [0, 0.05) is 11.8 Å². The maximum absolute atomic E-state index is 6.14. The molecule has 0 aliphatic heterocycles. The Balaban J connectivity index is 1.72. The molecule has 3 aromatic heterocycles. The topological polar surface area (TPSA) is 55.2 Å². The molecule has 0 aliphatic carbocycles. The van der Waals surface area contributed by atoms with Gasteiger partial charge in [-0.05, 0) is 48.5 Å². The minimum atomic E-state index is 0.473. The summed E-state index contributed by atoms with van der Waals surface area (Å²) in [5, 5.41) is 0.957. The Hall–Kier alpha value is -3.02. The molecule has 0 aliphatic rings. The van der Waals surface area contributed by atoms with E-state index in [-0.39, 0.29) is 0 Å². The molecule has 28 heavy (non-hydrogen) atoms. The molecular formula is C21H14Cl2N4O. The average Bonchev–Trinajstić information content (AvgIpc) is 3.29. The first-order valence-electron chi connectivity index (χ1n) is 8.60. The minimum absolute atomic E-state index is 0.473. The number of H-pyrrole nitrogens is 1. The number of fused-ring (bicyclic) bond motifs is 2. The zero-order valence-corrected chi connectivity index (χ0v) is 16.3. The van der Waals surface area contributed by atoms with Gasteiger partial charge < -0.3 is 9.72 Å². The Labute approximate surface area is 170 Å². The van der Waals surface area contributed by atoms with Gasteiger partial charge in [-0.3, -0.25) is 4.40 Å². The quantitative estimate of drug-likeness (QED) is 0.406. The average molecular weight is 409 g/mol. The Morgan fingerprint density at radius 3 is 2.54 bits per heavy atom. The summed E-state index contributed by atoms with van der Waals surface area (Å²) >= 11 is 12.3. The number of ether oxygens (including phenoxy) is 1. The molecule has 5 nitrogen and oxygen atoms in total. The van der Waals surface area contributed by atoms with Crippen molar-refractivity contribution in [3.63, 3.8) is 0 Å². The molecule has 1 N–H and O–H groups in total. The maximum atomic E-state index is 6.14. The first kappa shape index (κ1) is 17.1. The van der Waals surface area contributed by atoms with Crippen LogP contribution in [0.3, 0.4) is 0 Å². The molecule has 2 aromatic carbocycles. The standard InChI is InChI=1S/C21H14Cl2N4O/c1-28-13-7-5-12(6-8-13)21-26-19(18-4-2-3-9-27(18)21)20-24-16-10-14(22)15(23)11-17(16)25-20/h2-11H,1H3,(H,24,25). The van der Waals surface area contributed by atoms with Crippen molar-refractivity contribution in [1.29, 1.82) is 0 Å². The molecule has 0 bridgehead atoms. The van der Waals surface area contributed by atoms with Crippen LogP contribution in [0.25, 0.3) is 39.5 Å². The molecule has 0 fully saturated rings. The van der Waals surface area contributed by atoms with Crippen LogP contribution in [-0.4, -0.2) is 26.5 Å². The predicted molar refractivity (Wildman–Crippen MR) is 112 cm³/mol. The molecular weight excluding hydrogens is 395 g/mol. The molecule has 0 atom stereocenters. The van der Waals surface area contributed by atoms with Crippen LogP contribution in [0.1, 0.15) is 0 Å². The van der Waals surface area contributed by atoms with Gasteiger partial charge in [-0.25, -0.2) is 9.97 Å². The zero-order chi connectivity index (χ0) is 19.3. The molecule has 0 amide bonds. The van der Waals surface area contributed by atoms with E-state index in [0.29, 0.717) is 15.9 Å². The van der Waals surface area contributed by atoms with Crippen LogP contribution in [0.15, 0.2) is 60.8 Å². The van der Waals surface area contributed by atoms with Crippen LogP contribution in [0.5, 0.6) is 5.75 Å². The van der Waals surface area contributed by atoms with Crippen molar-refractivity contribution in [2.45, 2.75) is 0 Å². The lowest BCUT2D eigenvalue weighted by Crippen LogP contribution is -1.89. The largest absolute Gasteiger partial charge is 0.497 e. The second kappa shape index (κ2) is 6.55. The highest BCUT2D eigenvalue weighted by molar-refractivity contribution is 6.42. The third-order valence-corrected chi connectivity index (χ3v) is 5.37. The van der Waals surface area contributed by atoms with Gasteiger partial charge in [0.05, 0.1) is 33.7 Å². The normalized spacial score (nSPS) is 11.4. The van der Waals surface area contributed by atoms with Crippen LogP contribution < -0.4 is 4.74 Å². The molecule has 0 saturated heterocycles. The molecule has 3 heterocycles. The third kappa shape index (κ3) is 2.71. The van der Waals surface area contributed by atoms with Crippen LogP contribution in [-0.2, 0) is 0 Å². The van der Waals surface area contributed by atoms with Crippen molar-refractivity contribution in [3.8, 4) is 28.7 Å². The SMILES string of the molecule is COc1ccc(-c2nc(-c3nc4cc(Cl)c(Cl)cc4[nH]3)c3ccccn23)cc1. The Morgan fingerprint density at radius 1 is 0.964 bits per heavy atom. The first-order valence-corrected chi connectivity index (χ1v) is 9.36. The summed E-state index contributed by atoms with van der Waals surface area (Å²) < 4.78 is 7.30. The lowest BCUT2D eigenvalue weighted by molar-refractivity contribution is 0.415. The number of hydrogen-bond donors (Lipinski definition) is 1. The van der Waals surface area contributed by atoms with E-state index in [1.54, 1.807) is 19.2 Å². The highest BCUT2D eigenvalue weighted by Gasteiger charge is 2.17. The van der Waals surface area contributed by atoms with Gasteiger partial charge in [-0.15, -0.1) is 0 Å². The molecule has 0 saturated carbocycles. The van der Waals surface area contributed by atoms with E-state index in [1.165, 1.54) is 0 Å². The van der Waals surface area contributed by atoms with Crippen molar-refractivity contribution in [2.75, 3.05) is 7.11 Å². The Kier molecular flexibility index (Phi) is 4.00. The van der Waals surface area contributed by atoms with E-state index in [0.717, 1.165) is 39.4 Å². The molecule has 0 unspecified atom stereocenters. The lowest BCUT2D eigenvalue weighted by Gasteiger charge is -2.03. The number of aromatic amines is 1. The highest BCUT2D eigenvalue weighted by Crippen LogP contribution is 2.32. The zero-order valence-electron chi connectivity index (χ0n) is 14.8. The van der Waals surface area contributed by atoms with E-state index in [4.69, 9.17) is 32.9 Å². The van der Waals surface area contributed by atoms with Crippen LogP contribution in [0.2, 0.25) is 10.0 Å². The third-order valence-electron chi connectivity index (χ3n) is 4.64. The number of nitrogens with zero attached hydrogens (tertiary/aromatic N) is 3. The Morgan fingerprint density at radius 2 is 1.75 bits per heavy atom. The highest BCUT2D eigenvalue weighted by atomic mass is 35.5. The summed E-state index contributed by atoms with van der Waals surface area (Å²) in [6.07, 6.45) is 1.99. The summed E-state index contributed by atoms with van der Waals surface area (Å²) in [7, 11) is 1.65. The molecule has 7 heteroatoms. The predicted octanol–water partition coefficient (Wildman–Crippen LogP) is 5.86. The fraction of sp³-hybridized carbons (Fsp3) is 0.0476. The van der Waals surface area contributed by atoms with Crippen molar-refractivity contribution in [1.82, 2.24) is 19.4 Å². The second-order valence-corrected chi connectivity index (χ2v) is 7.15. The lowest BCUT2D eigenvalue weighted by atomic mass is 10.2. The fourth-order valence-electron chi connectivity index (χ4n) is 3.27. The first-order chi connectivity index (χ1) is 13.6. The van der Waals surface area contributed by atoms with Gasteiger partial charge in [0.15, 0.2) is 5.82 Å². The van der Waals surface area contributed by atoms with Gasteiger partial charge in [0.2, 0.25) is 0 Å². The van der Waals surface area contributed by atoms with Crippen molar-refractivity contribution in [3.05, 3.63) is 70.8 Å². The number of benzene rings is 2. The second-order valence-electron chi connectivity index (χ2n) is 6.34. The van der Waals surface area contributed by atoms with Crippen LogP contribution in [0.4, 0.5) is 0 Å². The fourth-order valence-corrected chi connectivity index (χ4v) is 3.59. The number of hydrogen-bond acceptors (Lipinski definition) is 3. The number of aromatic nitrogens is 4. The van der Waals surface area contributed by atoms with Crippen molar-refractivity contribution >= 4 is 39.8 Å². The number of pyridine rings is 1. The van der Waals surface area contributed by atoms with Gasteiger partial charge in [-0.2, -0.15) is 0 Å². The summed E-state index contributed by atoms with van der Waals surface area (Å²) in [5.41, 5.74) is 4.25. The molecule has 5 rings (SSSR count). The summed E-state index contributed by atoms with van der Waals surface area (Å²) in [5.74, 6) is 2.29. The van der Waals surface area contributed by atoms with Crippen molar-refractivity contribution in [2.24, 2.45) is 0 Å².